The zero-order valence-corrected chi connectivity index (χ0v) is 16.7. The molecule has 2 amide bonds. The summed E-state index contributed by atoms with van der Waals surface area (Å²) in [5, 5.41) is 3.07. The van der Waals surface area contributed by atoms with Gasteiger partial charge >= 0.3 is 0 Å². The highest BCUT2D eigenvalue weighted by Crippen LogP contribution is 2.18. The fourth-order valence-corrected chi connectivity index (χ4v) is 3.60. The Labute approximate surface area is 167 Å². The molecule has 0 spiro atoms. The van der Waals surface area contributed by atoms with Crippen molar-refractivity contribution in [2.45, 2.75) is 64.6 Å². The van der Waals surface area contributed by atoms with Gasteiger partial charge in [0, 0.05) is 18.6 Å². The van der Waals surface area contributed by atoms with E-state index in [0.29, 0.717) is 17.9 Å². The van der Waals surface area contributed by atoms with Gasteiger partial charge in [0.25, 0.3) is 11.8 Å². The predicted molar refractivity (Wildman–Crippen MR) is 110 cm³/mol. The number of hydrogen-bond donors (Lipinski definition) is 1. The van der Waals surface area contributed by atoms with Crippen molar-refractivity contribution in [1.29, 1.82) is 0 Å². The Morgan fingerprint density at radius 2 is 1.68 bits per heavy atom. The summed E-state index contributed by atoms with van der Waals surface area (Å²) >= 11 is 0. The quantitative estimate of drug-likeness (QED) is 0.818. The fraction of sp³-hybridized carbons (Fsp3) is 0.435. The number of benzene rings is 1. The van der Waals surface area contributed by atoms with E-state index < -0.39 is 0 Å². The van der Waals surface area contributed by atoms with Crippen LogP contribution in [0.2, 0.25) is 0 Å². The number of nitrogens with one attached hydrogen (secondary N) is 1. The molecule has 0 saturated heterocycles. The van der Waals surface area contributed by atoms with Crippen molar-refractivity contribution < 1.29 is 9.59 Å². The lowest BCUT2D eigenvalue weighted by atomic mass is 9.95. The number of pyridine rings is 1. The summed E-state index contributed by atoms with van der Waals surface area (Å²) in [6, 6.07) is 15.2. The molecule has 1 fully saturated rings. The highest BCUT2D eigenvalue weighted by atomic mass is 16.2. The van der Waals surface area contributed by atoms with Crippen molar-refractivity contribution in [3.8, 4) is 0 Å². The minimum atomic E-state index is -0.194. The van der Waals surface area contributed by atoms with Gasteiger partial charge in [-0.05, 0) is 44.4 Å². The summed E-state index contributed by atoms with van der Waals surface area (Å²) in [5.41, 5.74) is 1.68. The second-order valence-corrected chi connectivity index (χ2v) is 7.73. The molecule has 0 radical (unpaired) electrons. The van der Waals surface area contributed by atoms with Gasteiger partial charge in [-0.1, -0.05) is 55.7 Å². The molecule has 1 N–H and O–H groups in total. The number of hydrogen-bond acceptors (Lipinski definition) is 3. The fourth-order valence-electron chi connectivity index (χ4n) is 3.60. The summed E-state index contributed by atoms with van der Waals surface area (Å²) < 4.78 is 0. The lowest BCUT2D eigenvalue weighted by Gasteiger charge is -2.27. The van der Waals surface area contributed by atoms with Crippen LogP contribution in [0.4, 0.5) is 0 Å². The second-order valence-electron chi connectivity index (χ2n) is 7.73. The Morgan fingerprint density at radius 3 is 2.36 bits per heavy atom. The molecule has 3 rings (SSSR count). The summed E-state index contributed by atoms with van der Waals surface area (Å²) in [4.78, 5) is 31.8. The Bertz CT molecular complexity index is 799. The normalized spacial score (nSPS) is 14.7. The first-order valence-corrected chi connectivity index (χ1v) is 10.2. The van der Waals surface area contributed by atoms with E-state index in [1.54, 1.807) is 23.1 Å². The van der Waals surface area contributed by atoms with Crippen LogP contribution >= 0.6 is 0 Å². The van der Waals surface area contributed by atoms with Gasteiger partial charge in [0.15, 0.2) is 0 Å². The van der Waals surface area contributed by atoms with Crippen LogP contribution < -0.4 is 5.32 Å². The number of carbonyl (C=O) groups excluding carboxylic acids is 2. The Morgan fingerprint density at radius 1 is 1.00 bits per heavy atom. The average Bonchev–Trinajstić information content (AvgIpc) is 2.73. The molecule has 2 aromatic rings. The van der Waals surface area contributed by atoms with Crippen molar-refractivity contribution in [2.24, 2.45) is 0 Å². The largest absolute Gasteiger partial charge is 0.348 e. The third-order valence-corrected chi connectivity index (χ3v) is 5.22. The highest BCUT2D eigenvalue weighted by Gasteiger charge is 2.22. The van der Waals surface area contributed by atoms with Crippen molar-refractivity contribution in [2.75, 3.05) is 0 Å². The van der Waals surface area contributed by atoms with Gasteiger partial charge in [-0.3, -0.25) is 9.59 Å². The molecule has 1 aliphatic rings. The minimum Gasteiger partial charge on any atom is -0.348 e. The predicted octanol–water partition coefficient (Wildman–Crippen LogP) is 4.19. The molecule has 0 aliphatic heterocycles. The van der Waals surface area contributed by atoms with E-state index in [4.69, 9.17) is 0 Å². The third kappa shape index (κ3) is 5.18. The van der Waals surface area contributed by atoms with E-state index >= 15 is 0 Å². The molecule has 5 nitrogen and oxygen atoms in total. The van der Waals surface area contributed by atoms with Crippen LogP contribution in [0.3, 0.4) is 0 Å². The third-order valence-electron chi connectivity index (χ3n) is 5.22. The number of amides is 2. The van der Waals surface area contributed by atoms with E-state index in [1.165, 1.54) is 6.42 Å². The molecular formula is C23H29N3O2. The van der Waals surface area contributed by atoms with E-state index in [9.17, 15) is 9.59 Å². The van der Waals surface area contributed by atoms with Gasteiger partial charge in [-0.2, -0.15) is 0 Å². The molecule has 0 unspecified atom stereocenters. The van der Waals surface area contributed by atoms with Crippen molar-refractivity contribution >= 4 is 11.8 Å². The highest BCUT2D eigenvalue weighted by molar-refractivity contribution is 5.96. The van der Waals surface area contributed by atoms with Crippen LogP contribution in [0.25, 0.3) is 0 Å². The number of rotatable bonds is 6. The van der Waals surface area contributed by atoms with Crippen molar-refractivity contribution in [1.82, 2.24) is 15.2 Å². The summed E-state index contributed by atoms with van der Waals surface area (Å²) in [5.74, 6) is -0.355. The van der Waals surface area contributed by atoms with Gasteiger partial charge in [-0.15, -0.1) is 0 Å². The summed E-state index contributed by atoms with van der Waals surface area (Å²) in [6.07, 6.45) is 5.58. The smallest absolute Gasteiger partial charge is 0.273 e. The number of nitrogens with zero attached hydrogens (tertiary/aromatic N) is 2. The second kappa shape index (κ2) is 9.49. The molecule has 1 heterocycles. The lowest BCUT2D eigenvalue weighted by molar-refractivity contribution is 0.0684. The molecule has 0 bridgehead atoms. The van der Waals surface area contributed by atoms with Crippen LogP contribution in [-0.4, -0.2) is 33.8 Å². The van der Waals surface area contributed by atoms with Gasteiger partial charge < -0.3 is 10.2 Å². The standard InChI is InChI=1S/C23H29N3O2/c1-17(2)26(16-18-10-5-3-6-11-18)23(28)21-15-9-14-20(25-21)22(27)24-19-12-7-4-8-13-19/h3,5-6,9-11,14-15,17,19H,4,7-8,12-13,16H2,1-2H3,(H,24,27). The van der Waals surface area contributed by atoms with Crippen LogP contribution in [-0.2, 0) is 6.54 Å². The molecular weight excluding hydrogens is 350 g/mol. The summed E-state index contributed by atoms with van der Waals surface area (Å²) in [7, 11) is 0. The molecule has 148 valence electrons. The summed E-state index contributed by atoms with van der Waals surface area (Å²) in [6.45, 7) is 4.48. The van der Waals surface area contributed by atoms with E-state index in [2.05, 4.69) is 10.3 Å². The van der Waals surface area contributed by atoms with E-state index in [1.807, 2.05) is 44.2 Å². The Balaban J connectivity index is 1.73. The Kier molecular flexibility index (Phi) is 6.80. The van der Waals surface area contributed by atoms with Crippen LogP contribution in [0.15, 0.2) is 48.5 Å². The maximum absolute atomic E-state index is 13.1. The molecule has 5 heteroatoms. The average molecular weight is 380 g/mol. The maximum atomic E-state index is 13.1. The topological polar surface area (TPSA) is 62.3 Å². The maximum Gasteiger partial charge on any atom is 0.273 e. The molecule has 28 heavy (non-hydrogen) atoms. The molecule has 1 aromatic carbocycles. The first-order valence-electron chi connectivity index (χ1n) is 10.2. The van der Waals surface area contributed by atoms with Gasteiger partial charge in [-0.25, -0.2) is 4.98 Å². The zero-order valence-electron chi connectivity index (χ0n) is 16.7. The van der Waals surface area contributed by atoms with Crippen molar-refractivity contribution in [3.63, 3.8) is 0 Å². The van der Waals surface area contributed by atoms with Crippen molar-refractivity contribution in [3.05, 3.63) is 65.5 Å². The molecule has 1 aromatic heterocycles. The van der Waals surface area contributed by atoms with E-state index in [-0.39, 0.29) is 23.9 Å². The van der Waals surface area contributed by atoms with Gasteiger partial charge in [0.05, 0.1) is 0 Å². The monoisotopic (exact) mass is 379 g/mol. The van der Waals surface area contributed by atoms with Crippen LogP contribution in [0.1, 0.15) is 72.5 Å². The molecule has 1 aliphatic carbocycles. The zero-order chi connectivity index (χ0) is 19.9. The van der Waals surface area contributed by atoms with E-state index in [0.717, 1.165) is 31.2 Å². The first-order chi connectivity index (χ1) is 13.5. The van der Waals surface area contributed by atoms with Crippen LogP contribution in [0.5, 0.6) is 0 Å². The molecule has 0 atom stereocenters. The van der Waals surface area contributed by atoms with Gasteiger partial charge in [0.1, 0.15) is 11.4 Å². The molecule has 1 saturated carbocycles. The lowest BCUT2D eigenvalue weighted by Crippen LogP contribution is -2.38. The number of carbonyl (C=O) groups is 2. The first kappa shape index (κ1) is 20.1. The minimum absolute atomic E-state index is 0.0224. The SMILES string of the molecule is CC(C)N(Cc1ccccc1)C(=O)c1cccc(C(=O)NC2CCCCC2)n1. The Hall–Kier alpha value is -2.69. The number of aromatic nitrogens is 1. The van der Waals surface area contributed by atoms with Crippen LogP contribution in [0, 0.1) is 0 Å². The van der Waals surface area contributed by atoms with Gasteiger partial charge in [0.2, 0.25) is 0 Å².